The van der Waals surface area contributed by atoms with E-state index in [1.165, 1.54) is 18.4 Å². The van der Waals surface area contributed by atoms with Crippen LogP contribution in [-0.2, 0) is 16.0 Å². The number of esters is 1. The minimum Gasteiger partial charge on any atom is -0.469 e. The average Bonchev–Trinajstić information content (AvgIpc) is 2.46. The number of carbonyl (C=O) groups excluding carboxylic acids is 2. The van der Waals surface area contributed by atoms with Crippen LogP contribution < -0.4 is 10.2 Å². The van der Waals surface area contributed by atoms with Gasteiger partial charge >= 0.3 is 5.97 Å². The standard InChI is InChI=1S/C15H20N2O3/c1-17-9-3-4-11-10-12(5-6-13(11)17)15(19)16-8-7-14(18)20-2/h5-6,10H,3-4,7-9H2,1-2H3,(H,16,19). The lowest BCUT2D eigenvalue weighted by Gasteiger charge is -2.27. The van der Waals surface area contributed by atoms with Crippen molar-refractivity contribution in [1.82, 2.24) is 5.32 Å². The minimum absolute atomic E-state index is 0.148. The predicted molar refractivity (Wildman–Crippen MR) is 77.0 cm³/mol. The fourth-order valence-electron chi connectivity index (χ4n) is 2.41. The molecule has 0 bridgehead atoms. The Bertz CT molecular complexity index is 514. The molecule has 1 aromatic rings. The number of nitrogens with zero attached hydrogens (tertiary/aromatic N) is 1. The second kappa shape index (κ2) is 6.41. The van der Waals surface area contributed by atoms with Crippen molar-refractivity contribution >= 4 is 17.6 Å². The number of aryl methyl sites for hydroxylation is 1. The Morgan fingerprint density at radius 2 is 2.20 bits per heavy atom. The van der Waals surface area contributed by atoms with E-state index in [0.29, 0.717) is 12.1 Å². The maximum absolute atomic E-state index is 12.0. The van der Waals surface area contributed by atoms with Gasteiger partial charge in [-0.2, -0.15) is 0 Å². The molecule has 1 N–H and O–H groups in total. The van der Waals surface area contributed by atoms with Crippen molar-refractivity contribution in [2.75, 3.05) is 32.1 Å². The van der Waals surface area contributed by atoms with Gasteiger partial charge in [-0.1, -0.05) is 0 Å². The second-order valence-electron chi connectivity index (χ2n) is 4.95. The van der Waals surface area contributed by atoms with Crippen molar-refractivity contribution in [2.24, 2.45) is 0 Å². The highest BCUT2D eigenvalue weighted by Crippen LogP contribution is 2.26. The van der Waals surface area contributed by atoms with Crippen LogP contribution in [-0.4, -0.2) is 39.1 Å². The normalized spacial score (nSPS) is 13.6. The van der Waals surface area contributed by atoms with Gasteiger partial charge in [0.05, 0.1) is 13.5 Å². The smallest absolute Gasteiger partial charge is 0.307 e. The van der Waals surface area contributed by atoms with Gasteiger partial charge in [-0.25, -0.2) is 0 Å². The number of amides is 1. The van der Waals surface area contributed by atoms with Gasteiger partial charge in [-0.15, -0.1) is 0 Å². The molecule has 1 heterocycles. The largest absolute Gasteiger partial charge is 0.469 e. The molecule has 0 radical (unpaired) electrons. The fraction of sp³-hybridized carbons (Fsp3) is 0.467. The molecule has 5 nitrogen and oxygen atoms in total. The van der Waals surface area contributed by atoms with Gasteiger partial charge in [0, 0.05) is 31.4 Å². The Kier molecular flexibility index (Phi) is 4.61. The molecule has 1 aliphatic rings. The molecule has 0 saturated carbocycles. The summed E-state index contributed by atoms with van der Waals surface area (Å²) in [7, 11) is 3.40. The molecule has 0 aliphatic carbocycles. The molecule has 108 valence electrons. The summed E-state index contributed by atoms with van der Waals surface area (Å²) >= 11 is 0. The van der Waals surface area contributed by atoms with Crippen LogP contribution in [0.1, 0.15) is 28.8 Å². The topological polar surface area (TPSA) is 58.6 Å². The molecular formula is C15H20N2O3. The molecule has 20 heavy (non-hydrogen) atoms. The molecule has 1 amide bonds. The zero-order valence-corrected chi connectivity index (χ0v) is 11.9. The number of ether oxygens (including phenoxy) is 1. The Hall–Kier alpha value is -2.04. The maximum Gasteiger partial charge on any atom is 0.307 e. The molecule has 1 aliphatic heterocycles. The first kappa shape index (κ1) is 14.4. The van der Waals surface area contributed by atoms with Gasteiger partial charge in [0.25, 0.3) is 5.91 Å². The highest BCUT2D eigenvalue weighted by Gasteiger charge is 2.15. The van der Waals surface area contributed by atoms with Crippen LogP contribution in [0.25, 0.3) is 0 Å². The van der Waals surface area contributed by atoms with Gasteiger partial charge in [-0.3, -0.25) is 9.59 Å². The Morgan fingerprint density at radius 3 is 2.95 bits per heavy atom. The van der Waals surface area contributed by atoms with E-state index in [1.54, 1.807) is 0 Å². The SMILES string of the molecule is COC(=O)CCNC(=O)c1ccc2c(c1)CCCN2C. The van der Waals surface area contributed by atoms with E-state index in [2.05, 4.69) is 22.0 Å². The number of methoxy groups -OCH3 is 1. The molecule has 2 rings (SSSR count). The summed E-state index contributed by atoms with van der Waals surface area (Å²) in [6.07, 6.45) is 2.30. The van der Waals surface area contributed by atoms with E-state index < -0.39 is 0 Å². The Balaban J connectivity index is 1.99. The Labute approximate surface area is 118 Å². The summed E-state index contributed by atoms with van der Waals surface area (Å²) < 4.78 is 4.53. The molecule has 0 fully saturated rings. The number of hydrogen-bond donors (Lipinski definition) is 1. The third-order valence-electron chi connectivity index (χ3n) is 3.53. The van der Waals surface area contributed by atoms with E-state index in [1.807, 2.05) is 18.2 Å². The van der Waals surface area contributed by atoms with Gasteiger partial charge in [-0.05, 0) is 36.6 Å². The number of carbonyl (C=O) groups is 2. The van der Waals surface area contributed by atoms with Gasteiger partial charge < -0.3 is 15.0 Å². The van der Waals surface area contributed by atoms with Crippen molar-refractivity contribution < 1.29 is 14.3 Å². The molecule has 0 unspecified atom stereocenters. The second-order valence-corrected chi connectivity index (χ2v) is 4.95. The number of nitrogens with one attached hydrogen (secondary N) is 1. The quantitative estimate of drug-likeness (QED) is 0.844. The summed E-state index contributed by atoms with van der Waals surface area (Å²) in [5, 5.41) is 2.73. The van der Waals surface area contributed by atoms with Gasteiger partial charge in [0.15, 0.2) is 0 Å². The lowest BCUT2D eigenvalue weighted by Crippen LogP contribution is -2.28. The van der Waals surface area contributed by atoms with Crippen molar-refractivity contribution in [3.8, 4) is 0 Å². The van der Waals surface area contributed by atoms with Crippen LogP contribution in [0.3, 0.4) is 0 Å². The molecule has 1 aromatic carbocycles. The van der Waals surface area contributed by atoms with Crippen LogP contribution in [0.2, 0.25) is 0 Å². The third kappa shape index (κ3) is 3.29. The van der Waals surface area contributed by atoms with Crippen molar-refractivity contribution in [3.63, 3.8) is 0 Å². The Morgan fingerprint density at radius 1 is 1.40 bits per heavy atom. The monoisotopic (exact) mass is 276 g/mol. The highest BCUT2D eigenvalue weighted by atomic mass is 16.5. The van der Waals surface area contributed by atoms with E-state index in [4.69, 9.17) is 0 Å². The predicted octanol–water partition coefficient (Wildman–Crippen LogP) is 1.36. The molecule has 0 spiro atoms. The fourth-order valence-corrected chi connectivity index (χ4v) is 2.41. The number of benzene rings is 1. The van der Waals surface area contributed by atoms with Crippen molar-refractivity contribution in [3.05, 3.63) is 29.3 Å². The average molecular weight is 276 g/mol. The van der Waals surface area contributed by atoms with Crippen LogP contribution in [0.15, 0.2) is 18.2 Å². The van der Waals surface area contributed by atoms with Crippen molar-refractivity contribution in [1.29, 1.82) is 0 Å². The van der Waals surface area contributed by atoms with Gasteiger partial charge in [0.2, 0.25) is 0 Å². The first-order valence-corrected chi connectivity index (χ1v) is 6.81. The molecule has 0 aromatic heterocycles. The lowest BCUT2D eigenvalue weighted by atomic mass is 9.99. The van der Waals surface area contributed by atoms with Crippen LogP contribution in [0.5, 0.6) is 0 Å². The van der Waals surface area contributed by atoms with Crippen molar-refractivity contribution in [2.45, 2.75) is 19.3 Å². The first-order chi connectivity index (χ1) is 9.61. The van der Waals surface area contributed by atoms with E-state index >= 15 is 0 Å². The van der Waals surface area contributed by atoms with Crippen LogP contribution >= 0.6 is 0 Å². The molecular weight excluding hydrogens is 256 g/mol. The maximum atomic E-state index is 12.0. The summed E-state index contributed by atoms with van der Waals surface area (Å²) in [5.74, 6) is -0.470. The van der Waals surface area contributed by atoms with E-state index in [0.717, 1.165) is 19.4 Å². The van der Waals surface area contributed by atoms with Crippen LogP contribution in [0.4, 0.5) is 5.69 Å². The summed E-state index contributed by atoms with van der Waals surface area (Å²) in [6, 6.07) is 5.76. The highest BCUT2D eigenvalue weighted by molar-refractivity contribution is 5.95. The number of fused-ring (bicyclic) bond motifs is 1. The van der Waals surface area contributed by atoms with Crippen LogP contribution in [0, 0.1) is 0 Å². The molecule has 0 saturated heterocycles. The summed E-state index contributed by atoms with van der Waals surface area (Å²) in [4.78, 5) is 25.2. The summed E-state index contributed by atoms with van der Waals surface area (Å²) in [5.41, 5.74) is 3.05. The summed E-state index contributed by atoms with van der Waals surface area (Å²) in [6.45, 7) is 1.35. The number of hydrogen-bond acceptors (Lipinski definition) is 4. The molecule has 5 heteroatoms. The zero-order chi connectivity index (χ0) is 14.5. The van der Waals surface area contributed by atoms with Gasteiger partial charge in [0.1, 0.15) is 0 Å². The third-order valence-corrected chi connectivity index (χ3v) is 3.53. The van der Waals surface area contributed by atoms with E-state index in [9.17, 15) is 9.59 Å². The van der Waals surface area contributed by atoms with E-state index in [-0.39, 0.29) is 18.3 Å². The number of rotatable bonds is 4. The molecule has 0 atom stereocenters. The lowest BCUT2D eigenvalue weighted by molar-refractivity contribution is -0.140. The first-order valence-electron chi connectivity index (χ1n) is 6.81. The number of anilines is 1. The minimum atomic E-state index is -0.322. The zero-order valence-electron chi connectivity index (χ0n) is 11.9.